The molecule has 1 aromatic carbocycles. The number of hydrogen-bond acceptors (Lipinski definition) is 2. The lowest BCUT2D eigenvalue weighted by Gasteiger charge is -2.08. The van der Waals surface area contributed by atoms with Gasteiger partial charge in [0.25, 0.3) is 0 Å². The summed E-state index contributed by atoms with van der Waals surface area (Å²) in [4.78, 5) is 2.85. The van der Waals surface area contributed by atoms with Gasteiger partial charge in [0.2, 0.25) is 0 Å². The first kappa shape index (κ1) is 13.8. The van der Waals surface area contributed by atoms with Gasteiger partial charge in [0.15, 0.2) is 0 Å². The number of fused-ring (bicyclic) bond motifs is 1. The van der Waals surface area contributed by atoms with Gasteiger partial charge in [-0.2, -0.15) is 11.8 Å². The molecule has 0 radical (unpaired) electrons. The number of benzene rings is 1. The second-order valence-electron chi connectivity index (χ2n) is 4.70. The van der Waals surface area contributed by atoms with Gasteiger partial charge in [0.05, 0.1) is 5.38 Å². The highest BCUT2D eigenvalue weighted by molar-refractivity contribution is 7.98. The molecular formula is C15H14Cl2S2. The van der Waals surface area contributed by atoms with E-state index in [1.54, 1.807) is 0 Å². The number of aryl methyl sites for hydroxylation is 1. The molecule has 1 atom stereocenters. The van der Waals surface area contributed by atoms with E-state index < -0.39 is 0 Å². The second kappa shape index (κ2) is 6.09. The third kappa shape index (κ3) is 3.30. The standard InChI is InChI=1S/C15H14Cl2S2/c16-12-3-1-10(2-4-12)7-13(17)15-8-11-9-18-6-5-14(11)19-15/h1-4,8,13H,5-7,9H2. The van der Waals surface area contributed by atoms with Crippen LogP contribution in [0.3, 0.4) is 0 Å². The van der Waals surface area contributed by atoms with Crippen molar-refractivity contribution < 1.29 is 0 Å². The highest BCUT2D eigenvalue weighted by Crippen LogP contribution is 2.37. The second-order valence-corrected chi connectivity index (χ2v) is 7.93. The molecule has 0 N–H and O–H groups in total. The fourth-order valence-electron chi connectivity index (χ4n) is 2.25. The summed E-state index contributed by atoms with van der Waals surface area (Å²) in [5, 5.41) is 0.847. The van der Waals surface area contributed by atoms with Gasteiger partial charge in [-0.25, -0.2) is 0 Å². The Balaban J connectivity index is 1.74. The number of alkyl halides is 1. The molecule has 1 aliphatic heterocycles. The van der Waals surface area contributed by atoms with E-state index in [2.05, 4.69) is 18.2 Å². The van der Waals surface area contributed by atoms with E-state index in [4.69, 9.17) is 23.2 Å². The van der Waals surface area contributed by atoms with Crippen LogP contribution in [-0.2, 0) is 18.6 Å². The summed E-state index contributed by atoms with van der Waals surface area (Å²) < 4.78 is 0. The molecule has 3 rings (SSSR count). The van der Waals surface area contributed by atoms with Crippen LogP contribution in [0.25, 0.3) is 0 Å². The zero-order chi connectivity index (χ0) is 13.2. The number of hydrogen-bond donors (Lipinski definition) is 0. The summed E-state index contributed by atoms with van der Waals surface area (Å²) in [6.45, 7) is 0. The molecule has 1 aliphatic rings. The van der Waals surface area contributed by atoms with Gasteiger partial charge in [-0.3, -0.25) is 0 Å². The SMILES string of the molecule is Clc1ccc(CC(Cl)c2cc3c(s2)CCSC3)cc1. The Kier molecular flexibility index (Phi) is 4.43. The Morgan fingerprint density at radius 3 is 2.74 bits per heavy atom. The molecule has 19 heavy (non-hydrogen) atoms. The highest BCUT2D eigenvalue weighted by Gasteiger charge is 2.18. The molecule has 1 unspecified atom stereocenters. The molecule has 1 aromatic heterocycles. The Hall–Kier alpha value is -0.150. The molecule has 0 spiro atoms. The van der Waals surface area contributed by atoms with E-state index in [9.17, 15) is 0 Å². The zero-order valence-corrected chi connectivity index (χ0v) is 13.5. The van der Waals surface area contributed by atoms with Crippen molar-refractivity contribution in [2.24, 2.45) is 0 Å². The maximum Gasteiger partial charge on any atom is 0.0719 e. The van der Waals surface area contributed by atoms with Crippen LogP contribution < -0.4 is 0 Å². The van der Waals surface area contributed by atoms with E-state index >= 15 is 0 Å². The van der Waals surface area contributed by atoms with Crippen LogP contribution in [0.5, 0.6) is 0 Å². The summed E-state index contributed by atoms with van der Waals surface area (Å²) in [5.74, 6) is 2.40. The first-order valence-electron chi connectivity index (χ1n) is 6.30. The van der Waals surface area contributed by atoms with Gasteiger partial charge in [-0.1, -0.05) is 23.7 Å². The average Bonchev–Trinajstić information content (AvgIpc) is 2.85. The smallest absolute Gasteiger partial charge is 0.0719 e. The van der Waals surface area contributed by atoms with Crippen LogP contribution in [0.15, 0.2) is 30.3 Å². The Morgan fingerprint density at radius 1 is 1.21 bits per heavy atom. The lowest BCUT2D eigenvalue weighted by molar-refractivity contribution is 0.939. The van der Waals surface area contributed by atoms with Crippen LogP contribution in [0.4, 0.5) is 0 Å². The van der Waals surface area contributed by atoms with Crippen LogP contribution in [0, 0.1) is 0 Å². The summed E-state index contributed by atoms with van der Waals surface area (Å²) in [7, 11) is 0. The van der Waals surface area contributed by atoms with E-state index in [1.165, 1.54) is 33.1 Å². The van der Waals surface area contributed by atoms with Crippen molar-refractivity contribution in [2.75, 3.05) is 5.75 Å². The van der Waals surface area contributed by atoms with Crippen molar-refractivity contribution in [1.82, 2.24) is 0 Å². The molecule has 0 aliphatic carbocycles. The Labute approximate surface area is 132 Å². The predicted octanol–water partition coefficient (Wildman–Crippen LogP) is 5.71. The molecule has 0 bridgehead atoms. The summed E-state index contributed by atoms with van der Waals surface area (Å²) in [5.41, 5.74) is 2.74. The number of halogens is 2. The van der Waals surface area contributed by atoms with Gasteiger partial charge in [-0.15, -0.1) is 22.9 Å². The van der Waals surface area contributed by atoms with E-state index in [0.717, 1.165) is 17.2 Å². The molecule has 2 aromatic rings. The number of rotatable bonds is 3. The first-order valence-corrected chi connectivity index (χ1v) is 9.08. The molecule has 2 heterocycles. The maximum atomic E-state index is 6.57. The topological polar surface area (TPSA) is 0 Å². The van der Waals surface area contributed by atoms with Crippen LogP contribution in [0.1, 0.15) is 26.3 Å². The van der Waals surface area contributed by atoms with Crippen LogP contribution >= 0.6 is 46.3 Å². The minimum Gasteiger partial charge on any atom is -0.157 e. The molecule has 0 saturated carbocycles. The number of thioether (sulfide) groups is 1. The van der Waals surface area contributed by atoms with Gasteiger partial charge in [0.1, 0.15) is 0 Å². The van der Waals surface area contributed by atoms with E-state index in [1.807, 2.05) is 35.2 Å². The van der Waals surface area contributed by atoms with Gasteiger partial charge >= 0.3 is 0 Å². The predicted molar refractivity (Wildman–Crippen MR) is 87.9 cm³/mol. The van der Waals surface area contributed by atoms with Crippen LogP contribution in [-0.4, -0.2) is 5.75 Å². The molecule has 0 fully saturated rings. The van der Waals surface area contributed by atoms with Crippen molar-refractivity contribution in [3.05, 3.63) is 56.2 Å². The fraction of sp³-hybridized carbons (Fsp3) is 0.333. The van der Waals surface area contributed by atoms with Gasteiger partial charge in [-0.05, 0) is 47.9 Å². The maximum absolute atomic E-state index is 6.57. The third-order valence-electron chi connectivity index (χ3n) is 3.28. The molecule has 4 heteroatoms. The fourth-order valence-corrected chi connectivity index (χ4v) is 5.11. The summed E-state index contributed by atoms with van der Waals surface area (Å²) in [6, 6.07) is 10.3. The quantitative estimate of drug-likeness (QED) is 0.650. The third-order valence-corrected chi connectivity index (χ3v) is 6.41. The van der Waals surface area contributed by atoms with Gasteiger partial charge in [0, 0.05) is 20.5 Å². The first-order chi connectivity index (χ1) is 9.22. The van der Waals surface area contributed by atoms with Crippen molar-refractivity contribution >= 4 is 46.3 Å². The minimum atomic E-state index is 0.0711. The molecule has 0 saturated heterocycles. The normalized spacial score (nSPS) is 16.1. The number of thiophene rings is 1. The Bertz CT molecular complexity index is 537. The van der Waals surface area contributed by atoms with Crippen molar-refractivity contribution in [3.63, 3.8) is 0 Å². The van der Waals surface area contributed by atoms with E-state index in [0.29, 0.717) is 0 Å². The summed E-state index contributed by atoms with van der Waals surface area (Å²) >= 11 is 16.4. The molecular weight excluding hydrogens is 315 g/mol. The zero-order valence-electron chi connectivity index (χ0n) is 10.4. The van der Waals surface area contributed by atoms with Crippen molar-refractivity contribution in [3.8, 4) is 0 Å². The lowest BCUT2D eigenvalue weighted by Crippen LogP contribution is -1.96. The summed E-state index contributed by atoms with van der Waals surface area (Å²) in [6.07, 6.45) is 2.07. The Morgan fingerprint density at radius 2 is 2.00 bits per heavy atom. The molecule has 0 nitrogen and oxygen atoms in total. The van der Waals surface area contributed by atoms with Crippen molar-refractivity contribution in [1.29, 1.82) is 0 Å². The van der Waals surface area contributed by atoms with Crippen molar-refractivity contribution in [2.45, 2.75) is 24.0 Å². The van der Waals surface area contributed by atoms with Gasteiger partial charge < -0.3 is 0 Å². The molecule has 100 valence electrons. The largest absolute Gasteiger partial charge is 0.157 e. The highest BCUT2D eigenvalue weighted by atomic mass is 35.5. The average molecular weight is 329 g/mol. The lowest BCUT2D eigenvalue weighted by atomic mass is 10.1. The monoisotopic (exact) mass is 328 g/mol. The van der Waals surface area contributed by atoms with E-state index in [-0.39, 0.29) is 5.38 Å². The molecule has 0 amide bonds. The minimum absolute atomic E-state index is 0.0711. The van der Waals surface area contributed by atoms with Crippen LogP contribution in [0.2, 0.25) is 5.02 Å².